The van der Waals surface area contributed by atoms with Crippen LogP contribution in [0.2, 0.25) is 0 Å². The smallest absolute Gasteiger partial charge is 0.221 e. The van der Waals surface area contributed by atoms with Crippen LogP contribution in [0.15, 0.2) is 18.2 Å². The van der Waals surface area contributed by atoms with Crippen LogP contribution >= 0.6 is 0 Å². The van der Waals surface area contributed by atoms with Crippen LogP contribution in [0.5, 0.6) is 0 Å². The molecule has 116 valence electrons. The SMILES string of the molecule is CC(=O)Nc1ccc(NC2CCC(C)(C)CC2C)cc1C. The lowest BCUT2D eigenvalue weighted by Crippen LogP contribution is -2.36. The van der Waals surface area contributed by atoms with Gasteiger partial charge in [-0.2, -0.15) is 0 Å². The first-order chi connectivity index (χ1) is 9.77. The fourth-order valence-electron chi connectivity index (χ4n) is 3.46. The summed E-state index contributed by atoms with van der Waals surface area (Å²) in [7, 11) is 0. The summed E-state index contributed by atoms with van der Waals surface area (Å²) in [5.41, 5.74) is 3.62. The summed E-state index contributed by atoms with van der Waals surface area (Å²) < 4.78 is 0. The maximum absolute atomic E-state index is 11.1. The average molecular weight is 288 g/mol. The lowest BCUT2D eigenvalue weighted by atomic mass is 9.70. The number of anilines is 2. The highest BCUT2D eigenvalue weighted by atomic mass is 16.1. The number of aryl methyl sites for hydroxylation is 1. The molecule has 1 aliphatic rings. The zero-order valence-corrected chi connectivity index (χ0v) is 13.9. The van der Waals surface area contributed by atoms with E-state index in [0.717, 1.165) is 16.9 Å². The molecule has 2 atom stereocenters. The van der Waals surface area contributed by atoms with Gasteiger partial charge in [0.2, 0.25) is 5.91 Å². The molecule has 0 heterocycles. The van der Waals surface area contributed by atoms with Gasteiger partial charge < -0.3 is 10.6 Å². The minimum atomic E-state index is -0.0260. The van der Waals surface area contributed by atoms with Crippen molar-refractivity contribution >= 4 is 17.3 Å². The Labute approximate surface area is 128 Å². The van der Waals surface area contributed by atoms with Crippen LogP contribution in [0.25, 0.3) is 0 Å². The Kier molecular flexibility index (Phi) is 4.60. The molecule has 3 heteroatoms. The summed E-state index contributed by atoms with van der Waals surface area (Å²) in [6.45, 7) is 10.6. The lowest BCUT2D eigenvalue weighted by Gasteiger charge is -2.40. The molecule has 1 saturated carbocycles. The van der Waals surface area contributed by atoms with Gasteiger partial charge in [0.25, 0.3) is 0 Å². The third-order valence-electron chi connectivity index (χ3n) is 4.58. The quantitative estimate of drug-likeness (QED) is 0.854. The Balaban J connectivity index is 2.03. The molecular formula is C18H28N2O. The van der Waals surface area contributed by atoms with Gasteiger partial charge in [0.15, 0.2) is 0 Å². The number of amides is 1. The standard InChI is InChI=1S/C18H28N2O/c1-12-10-15(6-7-16(12)19-14(3)21)20-17-8-9-18(4,5)11-13(17)2/h6-7,10,13,17,20H,8-9,11H2,1-5H3,(H,19,21). The second-order valence-electron chi connectivity index (χ2n) is 7.35. The highest BCUT2D eigenvalue weighted by Gasteiger charge is 2.32. The Morgan fingerprint density at radius 2 is 2.05 bits per heavy atom. The third kappa shape index (κ3) is 4.23. The molecule has 2 rings (SSSR count). The number of rotatable bonds is 3. The van der Waals surface area contributed by atoms with E-state index in [9.17, 15) is 4.79 Å². The molecule has 21 heavy (non-hydrogen) atoms. The molecule has 0 bridgehead atoms. The van der Waals surface area contributed by atoms with Crippen molar-refractivity contribution in [2.24, 2.45) is 11.3 Å². The van der Waals surface area contributed by atoms with Crippen molar-refractivity contribution in [1.29, 1.82) is 0 Å². The van der Waals surface area contributed by atoms with Gasteiger partial charge in [-0.25, -0.2) is 0 Å². The minimum absolute atomic E-state index is 0.0260. The molecule has 3 nitrogen and oxygen atoms in total. The van der Waals surface area contributed by atoms with Gasteiger partial charge in [0.1, 0.15) is 0 Å². The molecule has 2 unspecified atom stereocenters. The predicted octanol–water partition coefficient (Wildman–Crippen LogP) is 4.58. The van der Waals surface area contributed by atoms with Gasteiger partial charge in [0, 0.05) is 24.3 Å². The molecule has 1 aliphatic carbocycles. The Morgan fingerprint density at radius 1 is 1.33 bits per heavy atom. The van der Waals surface area contributed by atoms with E-state index < -0.39 is 0 Å². The molecule has 1 amide bonds. The largest absolute Gasteiger partial charge is 0.382 e. The number of carbonyl (C=O) groups excluding carboxylic acids is 1. The van der Waals surface area contributed by atoms with E-state index in [1.807, 2.05) is 13.0 Å². The van der Waals surface area contributed by atoms with Crippen molar-refractivity contribution in [3.05, 3.63) is 23.8 Å². The second-order valence-corrected chi connectivity index (χ2v) is 7.35. The first-order valence-corrected chi connectivity index (χ1v) is 7.92. The Morgan fingerprint density at radius 3 is 2.62 bits per heavy atom. The van der Waals surface area contributed by atoms with Crippen molar-refractivity contribution in [2.75, 3.05) is 10.6 Å². The maximum Gasteiger partial charge on any atom is 0.221 e. The topological polar surface area (TPSA) is 41.1 Å². The highest BCUT2D eigenvalue weighted by Crippen LogP contribution is 2.39. The number of carbonyl (C=O) groups is 1. The summed E-state index contributed by atoms with van der Waals surface area (Å²) in [4.78, 5) is 11.1. The van der Waals surface area contributed by atoms with E-state index in [1.54, 1.807) is 0 Å². The second kappa shape index (κ2) is 6.08. The highest BCUT2D eigenvalue weighted by molar-refractivity contribution is 5.89. The molecule has 1 fully saturated rings. The van der Waals surface area contributed by atoms with Crippen LogP contribution in [-0.4, -0.2) is 11.9 Å². The van der Waals surface area contributed by atoms with Crippen LogP contribution in [-0.2, 0) is 4.79 Å². The van der Waals surface area contributed by atoms with Gasteiger partial charge >= 0.3 is 0 Å². The van der Waals surface area contributed by atoms with Crippen LogP contribution in [0, 0.1) is 18.3 Å². The van der Waals surface area contributed by atoms with Crippen molar-refractivity contribution in [3.63, 3.8) is 0 Å². The van der Waals surface area contributed by atoms with E-state index in [0.29, 0.717) is 17.4 Å². The van der Waals surface area contributed by atoms with Crippen LogP contribution in [0.4, 0.5) is 11.4 Å². The molecular weight excluding hydrogens is 260 g/mol. The summed E-state index contributed by atoms with van der Waals surface area (Å²) in [6, 6.07) is 6.71. The van der Waals surface area contributed by atoms with Gasteiger partial charge in [-0.1, -0.05) is 20.8 Å². The molecule has 0 spiro atoms. The van der Waals surface area contributed by atoms with E-state index in [4.69, 9.17) is 0 Å². The van der Waals surface area contributed by atoms with Gasteiger partial charge in [0.05, 0.1) is 0 Å². The molecule has 0 aromatic heterocycles. The van der Waals surface area contributed by atoms with E-state index >= 15 is 0 Å². The van der Waals surface area contributed by atoms with Crippen molar-refractivity contribution < 1.29 is 4.79 Å². The molecule has 0 saturated heterocycles. The molecule has 2 N–H and O–H groups in total. The summed E-state index contributed by atoms with van der Waals surface area (Å²) in [5.74, 6) is 0.658. The maximum atomic E-state index is 11.1. The van der Waals surface area contributed by atoms with Gasteiger partial charge in [-0.3, -0.25) is 4.79 Å². The fourth-order valence-corrected chi connectivity index (χ4v) is 3.46. The van der Waals surface area contributed by atoms with Gasteiger partial charge in [-0.05, 0) is 61.3 Å². The molecule has 0 aliphatic heterocycles. The van der Waals surface area contributed by atoms with Crippen LogP contribution < -0.4 is 10.6 Å². The molecule has 0 radical (unpaired) electrons. The average Bonchev–Trinajstić information content (AvgIpc) is 2.35. The molecule has 1 aromatic rings. The fraction of sp³-hybridized carbons (Fsp3) is 0.611. The first kappa shape index (κ1) is 15.9. The Bertz CT molecular complexity index is 522. The first-order valence-electron chi connectivity index (χ1n) is 7.92. The number of hydrogen-bond acceptors (Lipinski definition) is 2. The summed E-state index contributed by atoms with van der Waals surface area (Å²) in [6.07, 6.45) is 3.77. The zero-order valence-electron chi connectivity index (χ0n) is 13.9. The molecule has 1 aromatic carbocycles. The Hall–Kier alpha value is -1.51. The van der Waals surface area contributed by atoms with Crippen LogP contribution in [0.1, 0.15) is 52.5 Å². The van der Waals surface area contributed by atoms with E-state index in [2.05, 4.69) is 43.5 Å². The normalized spacial score (nSPS) is 24.4. The minimum Gasteiger partial charge on any atom is -0.382 e. The van der Waals surface area contributed by atoms with E-state index in [1.165, 1.54) is 26.2 Å². The number of hydrogen-bond donors (Lipinski definition) is 2. The number of nitrogens with one attached hydrogen (secondary N) is 2. The number of benzene rings is 1. The van der Waals surface area contributed by atoms with Gasteiger partial charge in [-0.15, -0.1) is 0 Å². The van der Waals surface area contributed by atoms with Crippen molar-refractivity contribution in [1.82, 2.24) is 0 Å². The van der Waals surface area contributed by atoms with E-state index in [-0.39, 0.29) is 5.91 Å². The summed E-state index contributed by atoms with van der Waals surface area (Å²) >= 11 is 0. The third-order valence-corrected chi connectivity index (χ3v) is 4.58. The van der Waals surface area contributed by atoms with Crippen molar-refractivity contribution in [3.8, 4) is 0 Å². The lowest BCUT2D eigenvalue weighted by molar-refractivity contribution is -0.114. The predicted molar refractivity (Wildman–Crippen MR) is 89.7 cm³/mol. The van der Waals surface area contributed by atoms with Crippen LogP contribution in [0.3, 0.4) is 0 Å². The monoisotopic (exact) mass is 288 g/mol. The summed E-state index contributed by atoms with van der Waals surface area (Å²) in [5, 5.41) is 6.53. The van der Waals surface area contributed by atoms with Crippen molar-refractivity contribution in [2.45, 2.75) is 59.9 Å². The zero-order chi connectivity index (χ0) is 15.6.